The van der Waals surface area contributed by atoms with Gasteiger partial charge in [0.25, 0.3) is 0 Å². The minimum absolute atomic E-state index is 0.00821. The maximum absolute atomic E-state index is 13.2. The lowest BCUT2D eigenvalue weighted by Gasteiger charge is -2.32. The maximum Gasteiger partial charge on any atom is 0.417 e. The Labute approximate surface area is 136 Å². The number of fused-ring (bicyclic) bond motifs is 2. The van der Waals surface area contributed by atoms with Crippen molar-refractivity contribution in [2.75, 3.05) is 24.6 Å². The molecule has 0 bridgehead atoms. The smallest absolute Gasteiger partial charge is 0.417 e. The van der Waals surface area contributed by atoms with Gasteiger partial charge < -0.3 is 14.6 Å². The zero-order valence-electron chi connectivity index (χ0n) is 11.9. The van der Waals surface area contributed by atoms with Crippen molar-refractivity contribution in [2.45, 2.75) is 12.4 Å². The van der Waals surface area contributed by atoms with Crippen LogP contribution in [0.15, 0.2) is 18.2 Å². The Kier molecular flexibility index (Phi) is 3.89. The van der Waals surface area contributed by atoms with E-state index in [1.165, 1.54) is 6.07 Å². The van der Waals surface area contributed by atoms with Gasteiger partial charge in [-0.1, -0.05) is 12.2 Å². The van der Waals surface area contributed by atoms with Crippen LogP contribution in [0.3, 0.4) is 0 Å². The summed E-state index contributed by atoms with van der Waals surface area (Å²) in [4.78, 5) is 3.57. The molecule has 0 fully saturated rings. The van der Waals surface area contributed by atoms with E-state index in [1.807, 2.05) is 0 Å². The Bertz CT molecular complexity index is 842. The number of ether oxygens (including phenoxy) is 1. The van der Waals surface area contributed by atoms with Gasteiger partial charge in [-0.15, -0.1) is 0 Å². The van der Waals surface area contributed by atoms with Crippen LogP contribution >= 0.6 is 12.2 Å². The predicted octanol–water partition coefficient (Wildman–Crippen LogP) is 4.68. The van der Waals surface area contributed by atoms with Crippen LogP contribution in [-0.4, -0.2) is 30.9 Å². The number of nitrogens with zero attached hydrogens (tertiary/aromatic N) is 1. The fraction of sp³-hybridized carbons (Fsp3) is 0.357. The molecule has 0 saturated carbocycles. The van der Waals surface area contributed by atoms with Gasteiger partial charge in [0.15, 0.2) is 0 Å². The van der Waals surface area contributed by atoms with Gasteiger partial charge in [0.05, 0.1) is 23.3 Å². The number of hydrogen-bond donors (Lipinski definition) is 1. The first-order valence-electron chi connectivity index (χ1n) is 6.77. The number of aromatic nitrogens is 1. The van der Waals surface area contributed by atoms with Crippen molar-refractivity contribution < 1.29 is 31.1 Å². The molecule has 1 aromatic heterocycles. The quantitative estimate of drug-likeness (QED) is 0.585. The van der Waals surface area contributed by atoms with E-state index in [1.54, 1.807) is 0 Å². The van der Waals surface area contributed by atoms with Crippen LogP contribution in [0.5, 0.6) is 5.75 Å². The zero-order chi connectivity index (χ0) is 17.7. The number of benzene rings is 1. The first kappa shape index (κ1) is 16.9. The van der Waals surface area contributed by atoms with Crippen molar-refractivity contribution in [3.05, 3.63) is 28.4 Å². The number of hydrogen-bond acceptors (Lipinski definition) is 3. The molecule has 24 heavy (non-hydrogen) atoms. The predicted molar refractivity (Wildman–Crippen MR) is 77.9 cm³/mol. The van der Waals surface area contributed by atoms with E-state index in [9.17, 15) is 26.3 Å². The Balaban J connectivity index is 2.22. The molecule has 3 nitrogen and oxygen atoms in total. The normalized spacial score (nSPS) is 15.3. The van der Waals surface area contributed by atoms with Crippen LogP contribution in [-0.2, 0) is 6.18 Å². The highest BCUT2D eigenvalue weighted by Gasteiger charge is 2.36. The van der Waals surface area contributed by atoms with Crippen LogP contribution in [0.1, 0.15) is 5.56 Å². The molecule has 0 saturated heterocycles. The average Bonchev–Trinajstić information content (AvgIpc) is 2.42. The monoisotopic (exact) mass is 368 g/mol. The number of rotatable bonds is 1. The molecule has 0 spiro atoms. The summed E-state index contributed by atoms with van der Waals surface area (Å²) in [6, 6.07) is 3.06. The Morgan fingerprint density at radius 2 is 1.83 bits per heavy atom. The van der Waals surface area contributed by atoms with E-state index >= 15 is 0 Å². The maximum atomic E-state index is 13.2. The van der Waals surface area contributed by atoms with Gasteiger partial charge in [-0.2, -0.15) is 26.3 Å². The second-order valence-electron chi connectivity index (χ2n) is 5.30. The SMILES string of the molecule is FC(F)(F)CN1CCOc2cc3[nH]c(=S)cc(C(F)(F)F)c3cc21. The summed E-state index contributed by atoms with van der Waals surface area (Å²) < 4.78 is 82.9. The standard InChI is InChI=1S/C14H10F6N2OS/c15-13(16,17)6-22-1-2-23-11-5-9-7(3-10(11)22)8(14(18,19)20)4-12(24)21-9/h3-5H,1-2,6H2,(H,21,24). The molecule has 1 aromatic carbocycles. The topological polar surface area (TPSA) is 28.3 Å². The van der Waals surface area contributed by atoms with E-state index in [2.05, 4.69) is 4.98 Å². The molecule has 1 aliphatic heterocycles. The lowest BCUT2D eigenvalue weighted by atomic mass is 10.1. The minimum atomic E-state index is -4.68. The summed E-state index contributed by atoms with van der Waals surface area (Å²) in [5, 5.41) is -0.257. The van der Waals surface area contributed by atoms with Crippen molar-refractivity contribution >= 4 is 28.8 Å². The minimum Gasteiger partial charge on any atom is -0.489 e. The second kappa shape index (κ2) is 5.54. The molecule has 10 heteroatoms. The molecule has 2 heterocycles. The summed E-state index contributed by atoms with van der Waals surface area (Å²) in [7, 11) is 0. The van der Waals surface area contributed by atoms with E-state index in [4.69, 9.17) is 17.0 Å². The number of halogens is 6. The van der Waals surface area contributed by atoms with E-state index in [0.717, 1.165) is 17.0 Å². The molecule has 0 aliphatic carbocycles. The van der Waals surface area contributed by atoms with Gasteiger partial charge in [-0.3, -0.25) is 0 Å². The van der Waals surface area contributed by atoms with Crippen LogP contribution in [0.4, 0.5) is 32.0 Å². The molecule has 0 atom stereocenters. The third kappa shape index (κ3) is 3.28. The number of alkyl halides is 6. The lowest BCUT2D eigenvalue weighted by Crippen LogP contribution is -2.39. The molecule has 0 unspecified atom stereocenters. The van der Waals surface area contributed by atoms with E-state index in [0.29, 0.717) is 0 Å². The molecule has 3 rings (SSSR count). The fourth-order valence-corrected chi connectivity index (χ4v) is 2.86. The van der Waals surface area contributed by atoms with Gasteiger partial charge in [-0.05, 0) is 12.1 Å². The fourth-order valence-electron chi connectivity index (χ4n) is 2.64. The number of H-pyrrole nitrogens is 1. The van der Waals surface area contributed by atoms with Gasteiger partial charge in [0, 0.05) is 11.5 Å². The summed E-state index contributed by atoms with van der Waals surface area (Å²) in [6.07, 6.45) is -9.16. The molecule has 130 valence electrons. The molecule has 2 aromatic rings. The van der Waals surface area contributed by atoms with Crippen molar-refractivity contribution in [1.82, 2.24) is 4.98 Å². The third-order valence-electron chi connectivity index (χ3n) is 3.56. The summed E-state index contributed by atoms with van der Waals surface area (Å²) in [5.74, 6) is 0.0861. The molecular formula is C14H10F6N2OS. The highest BCUT2D eigenvalue weighted by atomic mass is 32.1. The largest absolute Gasteiger partial charge is 0.489 e. The zero-order valence-corrected chi connectivity index (χ0v) is 12.7. The van der Waals surface area contributed by atoms with Crippen molar-refractivity contribution in [1.29, 1.82) is 0 Å². The number of nitrogens with one attached hydrogen (secondary N) is 1. The van der Waals surface area contributed by atoms with Gasteiger partial charge >= 0.3 is 12.4 Å². The number of aromatic amines is 1. The Morgan fingerprint density at radius 3 is 2.46 bits per heavy atom. The Hall–Kier alpha value is -1.97. The van der Waals surface area contributed by atoms with E-state index in [-0.39, 0.29) is 40.1 Å². The number of pyridine rings is 1. The highest BCUT2D eigenvalue weighted by molar-refractivity contribution is 7.71. The number of anilines is 1. The van der Waals surface area contributed by atoms with E-state index < -0.39 is 24.5 Å². The first-order chi connectivity index (χ1) is 11.0. The van der Waals surface area contributed by atoms with Crippen molar-refractivity contribution in [3.8, 4) is 5.75 Å². The van der Waals surface area contributed by atoms with Crippen molar-refractivity contribution in [3.63, 3.8) is 0 Å². The average molecular weight is 368 g/mol. The van der Waals surface area contributed by atoms with Crippen LogP contribution in [0.25, 0.3) is 10.9 Å². The van der Waals surface area contributed by atoms with Crippen molar-refractivity contribution in [2.24, 2.45) is 0 Å². The van der Waals surface area contributed by atoms with Gasteiger partial charge in [0.1, 0.15) is 23.5 Å². The van der Waals surface area contributed by atoms with Crippen LogP contribution in [0, 0.1) is 4.64 Å². The van der Waals surface area contributed by atoms with Gasteiger partial charge in [0.2, 0.25) is 0 Å². The molecule has 0 radical (unpaired) electrons. The summed E-state index contributed by atoms with van der Waals surface area (Å²) in [5.41, 5.74) is -0.967. The molecule has 0 amide bonds. The second-order valence-corrected chi connectivity index (χ2v) is 5.74. The lowest BCUT2D eigenvalue weighted by molar-refractivity contribution is -0.136. The van der Waals surface area contributed by atoms with Crippen LogP contribution < -0.4 is 9.64 Å². The van der Waals surface area contributed by atoms with Crippen LogP contribution in [0.2, 0.25) is 0 Å². The highest BCUT2D eigenvalue weighted by Crippen LogP contribution is 2.41. The molecule has 1 N–H and O–H groups in total. The first-order valence-corrected chi connectivity index (χ1v) is 7.18. The third-order valence-corrected chi connectivity index (χ3v) is 3.78. The molecular weight excluding hydrogens is 358 g/mol. The Morgan fingerprint density at radius 1 is 1.12 bits per heavy atom. The summed E-state index contributed by atoms with van der Waals surface area (Å²) >= 11 is 4.79. The molecule has 1 aliphatic rings. The van der Waals surface area contributed by atoms with Gasteiger partial charge in [-0.25, -0.2) is 0 Å². The summed E-state index contributed by atoms with van der Waals surface area (Å²) in [6.45, 7) is -1.32.